The highest BCUT2D eigenvalue weighted by Crippen LogP contribution is 2.33. The van der Waals surface area contributed by atoms with Crippen molar-refractivity contribution in [3.05, 3.63) is 52.7 Å². The number of nitrogens with zero attached hydrogens (tertiary/aromatic N) is 3. The van der Waals surface area contributed by atoms with Gasteiger partial charge >= 0.3 is 6.18 Å². The van der Waals surface area contributed by atoms with E-state index in [1.807, 2.05) is 0 Å². The molecule has 30 heavy (non-hydrogen) atoms. The summed E-state index contributed by atoms with van der Waals surface area (Å²) in [6.45, 7) is 0.120. The second-order valence-electron chi connectivity index (χ2n) is 6.01. The largest absolute Gasteiger partial charge is 0.417 e. The van der Waals surface area contributed by atoms with Crippen LogP contribution in [0.2, 0.25) is 5.02 Å². The maximum atomic E-state index is 13.0. The third kappa shape index (κ3) is 5.22. The molecule has 2 heterocycles. The van der Waals surface area contributed by atoms with Gasteiger partial charge in [0.25, 0.3) is 0 Å². The number of primary sulfonamides is 1. The minimum atomic E-state index is -4.60. The number of nitrogens with two attached hydrogens (primary N) is 1. The number of hydrogen-bond acceptors (Lipinski definition) is 6. The van der Waals surface area contributed by atoms with Gasteiger partial charge in [-0.2, -0.15) is 13.2 Å². The summed E-state index contributed by atoms with van der Waals surface area (Å²) in [6, 6.07) is 6.39. The number of carbonyl (C=O) groups excluding carboxylic acids is 1. The third-order valence-electron chi connectivity index (χ3n) is 3.83. The van der Waals surface area contributed by atoms with E-state index in [4.69, 9.17) is 16.7 Å². The van der Waals surface area contributed by atoms with Crippen molar-refractivity contribution in [2.45, 2.75) is 22.8 Å². The van der Waals surface area contributed by atoms with Crippen molar-refractivity contribution in [1.82, 2.24) is 19.9 Å². The Balaban J connectivity index is 1.63. The normalized spacial score (nSPS) is 12.3. The summed E-state index contributed by atoms with van der Waals surface area (Å²) in [5, 5.41) is 15.0. The first-order valence-corrected chi connectivity index (χ1v) is 11.0. The lowest BCUT2D eigenvalue weighted by Crippen LogP contribution is -2.24. The molecule has 1 amide bonds. The Labute approximate surface area is 177 Å². The molecule has 3 N–H and O–H groups in total. The van der Waals surface area contributed by atoms with Gasteiger partial charge in [-0.25, -0.2) is 13.6 Å². The smallest absolute Gasteiger partial charge is 0.351 e. The Bertz CT molecular complexity index is 1200. The molecule has 3 rings (SSSR count). The van der Waals surface area contributed by atoms with E-state index < -0.39 is 27.7 Å². The van der Waals surface area contributed by atoms with Gasteiger partial charge in [0, 0.05) is 12.7 Å². The number of thioether (sulfide) groups is 1. The fourth-order valence-electron chi connectivity index (χ4n) is 2.37. The van der Waals surface area contributed by atoms with Crippen LogP contribution in [0.4, 0.5) is 13.2 Å². The highest BCUT2D eigenvalue weighted by molar-refractivity contribution is 7.99. The van der Waals surface area contributed by atoms with E-state index in [0.29, 0.717) is 5.56 Å². The summed E-state index contributed by atoms with van der Waals surface area (Å²) in [7, 11) is -3.80. The number of rotatable bonds is 6. The van der Waals surface area contributed by atoms with Gasteiger partial charge in [0.2, 0.25) is 15.9 Å². The predicted molar refractivity (Wildman–Crippen MR) is 103 cm³/mol. The molecule has 0 bridgehead atoms. The lowest BCUT2D eigenvalue weighted by atomic mass is 10.2. The Morgan fingerprint density at radius 1 is 1.23 bits per heavy atom. The number of aromatic nitrogens is 3. The van der Waals surface area contributed by atoms with Gasteiger partial charge in [-0.05, 0) is 23.8 Å². The van der Waals surface area contributed by atoms with Crippen molar-refractivity contribution in [3.63, 3.8) is 0 Å². The highest BCUT2D eigenvalue weighted by Gasteiger charge is 2.32. The van der Waals surface area contributed by atoms with Gasteiger partial charge in [-0.1, -0.05) is 35.5 Å². The first-order valence-electron chi connectivity index (χ1n) is 8.08. The number of sulfonamides is 1. The Hall–Kier alpha value is -2.35. The van der Waals surface area contributed by atoms with Crippen LogP contribution in [0.1, 0.15) is 11.1 Å². The van der Waals surface area contributed by atoms with Gasteiger partial charge in [0.05, 0.1) is 21.2 Å². The van der Waals surface area contributed by atoms with Gasteiger partial charge < -0.3 is 5.32 Å². The van der Waals surface area contributed by atoms with Crippen LogP contribution in [-0.2, 0) is 27.5 Å². The molecule has 0 saturated heterocycles. The summed E-state index contributed by atoms with van der Waals surface area (Å²) in [6.07, 6.45) is -3.78. The molecule has 0 aliphatic rings. The molecule has 2 aromatic heterocycles. The van der Waals surface area contributed by atoms with Gasteiger partial charge in [-0.15, -0.1) is 10.2 Å². The Kier molecular flexibility index (Phi) is 6.26. The van der Waals surface area contributed by atoms with Crippen LogP contribution >= 0.6 is 23.4 Å². The summed E-state index contributed by atoms with van der Waals surface area (Å²) < 4.78 is 62.4. The van der Waals surface area contributed by atoms with Crippen LogP contribution in [0.3, 0.4) is 0 Å². The number of pyridine rings is 1. The van der Waals surface area contributed by atoms with E-state index in [9.17, 15) is 26.4 Å². The van der Waals surface area contributed by atoms with E-state index in [1.165, 1.54) is 24.3 Å². The fraction of sp³-hybridized carbons (Fsp3) is 0.188. The topological polar surface area (TPSA) is 119 Å². The molecule has 160 valence electrons. The second kappa shape index (κ2) is 8.41. The molecule has 8 nitrogen and oxygen atoms in total. The average molecular weight is 480 g/mol. The van der Waals surface area contributed by atoms with Crippen LogP contribution in [0, 0.1) is 0 Å². The monoisotopic (exact) mass is 479 g/mol. The molecule has 3 aromatic rings. The number of nitrogens with one attached hydrogen (secondary N) is 1. The van der Waals surface area contributed by atoms with E-state index in [2.05, 4.69) is 15.5 Å². The quantitative estimate of drug-likeness (QED) is 0.524. The van der Waals surface area contributed by atoms with Crippen molar-refractivity contribution in [2.24, 2.45) is 5.14 Å². The molecule has 0 radical (unpaired) electrons. The lowest BCUT2D eigenvalue weighted by Gasteiger charge is -2.09. The maximum absolute atomic E-state index is 13.0. The summed E-state index contributed by atoms with van der Waals surface area (Å²) in [4.78, 5) is 12.0. The Morgan fingerprint density at radius 3 is 2.50 bits per heavy atom. The van der Waals surface area contributed by atoms with Gasteiger partial charge in [0.1, 0.15) is 0 Å². The number of hydrogen-bond donors (Lipinski definition) is 2. The highest BCUT2D eigenvalue weighted by atomic mass is 35.5. The molecule has 1 aromatic carbocycles. The van der Waals surface area contributed by atoms with Crippen LogP contribution in [0.15, 0.2) is 46.6 Å². The van der Waals surface area contributed by atoms with Crippen molar-refractivity contribution in [1.29, 1.82) is 0 Å². The zero-order valence-corrected chi connectivity index (χ0v) is 17.2. The second-order valence-corrected chi connectivity index (χ2v) is 8.92. The van der Waals surface area contributed by atoms with Crippen molar-refractivity contribution < 1.29 is 26.4 Å². The van der Waals surface area contributed by atoms with E-state index in [0.717, 1.165) is 28.4 Å². The molecule has 0 atom stereocenters. The molecule has 0 unspecified atom stereocenters. The zero-order valence-electron chi connectivity index (χ0n) is 14.9. The minimum Gasteiger partial charge on any atom is -0.351 e. The van der Waals surface area contributed by atoms with Crippen LogP contribution in [-0.4, -0.2) is 34.7 Å². The maximum Gasteiger partial charge on any atom is 0.417 e. The van der Waals surface area contributed by atoms with E-state index in [1.54, 1.807) is 0 Å². The summed E-state index contributed by atoms with van der Waals surface area (Å²) in [5.41, 5.74) is -0.285. The van der Waals surface area contributed by atoms with Gasteiger partial charge in [0.15, 0.2) is 10.8 Å². The van der Waals surface area contributed by atoms with Crippen LogP contribution in [0.25, 0.3) is 5.65 Å². The standard InChI is InChI=1S/C16H13ClF3N5O3S2/c17-12-5-10(16(18,19)20)7-25-14(12)23-24-15(25)29-8-13(26)22-6-9-1-3-11(4-2-9)30(21,27)28/h1-5,7H,6,8H2,(H,22,26)(H2,21,27,28). The number of alkyl halides is 3. The summed E-state index contributed by atoms with van der Waals surface area (Å²) in [5.74, 6) is -0.547. The van der Waals surface area contributed by atoms with Crippen molar-refractivity contribution in [2.75, 3.05) is 5.75 Å². The fourth-order valence-corrected chi connectivity index (χ4v) is 3.87. The lowest BCUT2D eigenvalue weighted by molar-refractivity contribution is -0.137. The molecule has 0 fully saturated rings. The molecule has 0 saturated carbocycles. The number of carbonyl (C=O) groups is 1. The first kappa shape index (κ1) is 22.3. The molecule has 0 aliphatic carbocycles. The minimum absolute atomic E-state index is 0.0440. The van der Waals surface area contributed by atoms with Gasteiger partial charge in [-0.3, -0.25) is 9.20 Å². The molecule has 14 heteroatoms. The van der Waals surface area contributed by atoms with Crippen LogP contribution in [0.5, 0.6) is 0 Å². The number of benzene rings is 1. The summed E-state index contributed by atoms with van der Waals surface area (Å²) >= 11 is 6.73. The first-order chi connectivity index (χ1) is 13.9. The molecular formula is C16H13ClF3N5O3S2. The number of halogens is 4. The number of fused-ring (bicyclic) bond motifs is 1. The Morgan fingerprint density at radius 2 is 1.90 bits per heavy atom. The predicted octanol–water partition coefficient (Wildman–Crippen LogP) is 2.46. The SMILES string of the molecule is NS(=O)(=O)c1ccc(CNC(=O)CSc2nnc3c(Cl)cc(C(F)(F)F)cn23)cc1. The van der Waals surface area contributed by atoms with Crippen LogP contribution < -0.4 is 10.5 Å². The van der Waals surface area contributed by atoms with Crippen molar-refractivity contribution >= 4 is 44.9 Å². The third-order valence-corrected chi connectivity index (χ3v) is 5.98. The molecular weight excluding hydrogens is 467 g/mol. The van der Waals surface area contributed by atoms with E-state index >= 15 is 0 Å². The number of amides is 1. The van der Waals surface area contributed by atoms with Crippen molar-refractivity contribution in [3.8, 4) is 0 Å². The zero-order chi connectivity index (χ0) is 22.1. The molecule has 0 spiro atoms. The molecule has 0 aliphatic heterocycles. The van der Waals surface area contributed by atoms with E-state index in [-0.39, 0.29) is 33.0 Å². The average Bonchev–Trinajstić information content (AvgIpc) is 3.07.